The van der Waals surface area contributed by atoms with Gasteiger partial charge in [-0.1, -0.05) is 30.3 Å². The van der Waals surface area contributed by atoms with E-state index in [2.05, 4.69) is 10.1 Å². The van der Waals surface area contributed by atoms with Gasteiger partial charge in [0, 0.05) is 11.6 Å². The Kier molecular flexibility index (Phi) is 3.62. The number of aryl methyl sites for hydroxylation is 1. The Morgan fingerprint density at radius 2 is 1.74 bits per heavy atom. The van der Waals surface area contributed by atoms with Gasteiger partial charge < -0.3 is 0 Å². The Hall–Kier alpha value is -2.37. The van der Waals surface area contributed by atoms with E-state index in [-0.39, 0.29) is 17.1 Å². The van der Waals surface area contributed by atoms with Crippen LogP contribution in [0.4, 0.5) is 13.2 Å². The Morgan fingerprint density at radius 1 is 1.09 bits per heavy atom. The molecule has 0 aliphatic rings. The van der Waals surface area contributed by atoms with Gasteiger partial charge in [0.05, 0.1) is 22.3 Å². The highest BCUT2D eigenvalue weighted by Gasteiger charge is 2.35. The first kappa shape index (κ1) is 15.5. The Labute approximate surface area is 131 Å². The highest BCUT2D eigenvalue weighted by molar-refractivity contribution is 5.85. The molecule has 120 valence electrons. The van der Waals surface area contributed by atoms with Crippen molar-refractivity contribution in [3.8, 4) is 11.3 Å². The highest BCUT2D eigenvalue weighted by Crippen LogP contribution is 2.38. The van der Waals surface area contributed by atoms with Crippen LogP contribution in [0.15, 0.2) is 36.4 Å². The molecule has 0 spiro atoms. The van der Waals surface area contributed by atoms with Crippen LogP contribution in [-0.2, 0) is 6.18 Å². The summed E-state index contributed by atoms with van der Waals surface area (Å²) in [6.07, 6.45) is -4.46. The van der Waals surface area contributed by atoms with E-state index >= 15 is 0 Å². The van der Waals surface area contributed by atoms with E-state index in [4.69, 9.17) is 0 Å². The molecule has 0 N–H and O–H groups in total. The van der Waals surface area contributed by atoms with Crippen molar-refractivity contribution in [2.45, 2.75) is 33.0 Å². The minimum Gasteiger partial charge on any atom is -0.244 e. The van der Waals surface area contributed by atoms with Gasteiger partial charge in [0.2, 0.25) is 0 Å². The minimum atomic E-state index is -4.46. The Bertz CT molecular complexity index is 849. The zero-order valence-corrected chi connectivity index (χ0v) is 13.0. The van der Waals surface area contributed by atoms with Crippen LogP contribution >= 0.6 is 0 Å². The molecule has 0 fully saturated rings. The summed E-state index contributed by atoms with van der Waals surface area (Å²) in [5.74, 6) is 0. The first-order chi connectivity index (χ1) is 10.8. The summed E-state index contributed by atoms with van der Waals surface area (Å²) in [4.78, 5) is 4.46. The number of benzene rings is 1. The van der Waals surface area contributed by atoms with E-state index in [1.54, 1.807) is 35.9 Å². The molecule has 2 heterocycles. The third-order valence-corrected chi connectivity index (χ3v) is 3.70. The van der Waals surface area contributed by atoms with Gasteiger partial charge in [-0.25, -0.2) is 9.67 Å². The van der Waals surface area contributed by atoms with Crippen LogP contribution in [0.25, 0.3) is 22.3 Å². The molecule has 2 aromatic heterocycles. The number of fused-ring (bicyclic) bond motifs is 1. The number of alkyl halides is 3. The average molecular weight is 319 g/mol. The van der Waals surface area contributed by atoms with E-state index in [0.29, 0.717) is 17.0 Å². The van der Waals surface area contributed by atoms with Crippen molar-refractivity contribution in [1.82, 2.24) is 14.8 Å². The molecule has 23 heavy (non-hydrogen) atoms. The standard InChI is InChI=1S/C17H16F3N3/c1-10(2)23-16-15(11(3)22-23)13(17(18,19)20)9-14(21-16)12-7-5-4-6-8-12/h4-10H,1-3H3. The fourth-order valence-electron chi connectivity index (χ4n) is 2.65. The summed E-state index contributed by atoms with van der Waals surface area (Å²) < 4.78 is 42.2. The lowest BCUT2D eigenvalue weighted by Crippen LogP contribution is -2.09. The molecule has 0 unspecified atom stereocenters. The lowest BCUT2D eigenvalue weighted by molar-refractivity contribution is -0.136. The molecule has 0 amide bonds. The van der Waals surface area contributed by atoms with Crippen molar-refractivity contribution >= 4 is 11.0 Å². The lowest BCUT2D eigenvalue weighted by atomic mass is 10.1. The summed E-state index contributed by atoms with van der Waals surface area (Å²) >= 11 is 0. The van der Waals surface area contributed by atoms with Crippen LogP contribution in [0.5, 0.6) is 0 Å². The maximum atomic E-state index is 13.5. The Morgan fingerprint density at radius 3 is 2.30 bits per heavy atom. The number of halogens is 3. The van der Waals surface area contributed by atoms with Crippen LogP contribution in [0, 0.1) is 6.92 Å². The van der Waals surface area contributed by atoms with E-state index < -0.39 is 11.7 Å². The van der Waals surface area contributed by atoms with Crippen molar-refractivity contribution < 1.29 is 13.2 Å². The number of hydrogen-bond donors (Lipinski definition) is 0. The molecule has 6 heteroatoms. The largest absolute Gasteiger partial charge is 0.417 e. The molecule has 0 saturated carbocycles. The maximum Gasteiger partial charge on any atom is 0.417 e. The normalized spacial score (nSPS) is 12.3. The van der Waals surface area contributed by atoms with Gasteiger partial charge in [-0.15, -0.1) is 0 Å². The van der Waals surface area contributed by atoms with Gasteiger partial charge in [-0.2, -0.15) is 18.3 Å². The van der Waals surface area contributed by atoms with Crippen LogP contribution < -0.4 is 0 Å². The number of aromatic nitrogens is 3. The summed E-state index contributed by atoms with van der Waals surface area (Å²) in [6.45, 7) is 5.33. The molecule has 0 aliphatic heterocycles. The zero-order valence-electron chi connectivity index (χ0n) is 13.0. The van der Waals surface area contributed by atoms with E-state index in [0.717, 1.165) is 6.07 Å². The van der Waals surface area contributed by atoms with Crippen molar-refractivity contribution in [3.63, 3.8) is 0 Å². The van der Waals surface area contributed by atoms with Crippen LogP contribution in [0.1, 0.15) is 31.1 Å². The molecule has 3 rings (SSSR count). The predicted molar refractivity (Wildman–Crippen MR) is 83.1 cm³/mol. The first-order valence-corrected chi connectivity index (χ1v) is 7.31. The monoisotopic (exact) mass is 319 g/mol. The molecule has 0 atom stereocenters. The van der Waals surface area contributed by atoms with Crippen molar-refractivity contribution in [2.24, 2.45) is 0 Å². The van der Waals surface area contributed by atoms with Crippen LogP contribution in [0.3, 0.4) is 0 Å². The van der Waals surface area contributed by atoms with E-state index in [9.17, 15) is 13.2 Å². The van der Waals surface area contributed by atoms with Gasteiger partial charge in [-0.05, 0) is 26.8 Å². The van der Waals surface area contributed by atoms with Crippen molar-refractivity contribution in [1.29, 1.82) is 0 Å². The van der Waals surface area contributed by atoms with Gasteiger partial charge in [0.1, 0.15) is 0 Å². The quantitative estimate of drug-likeness (QED) is 0.665. The second-order valence-electron chi connectivity index (χ2n) is 5.74. The number of nitrogens with zero attached hydrogens (tertiary/aromatic N) is 3. The van der Waals surface area contributed by atoms with Gasteiger partial charge in [-0.3, -0.25) is 0 Å². The fourth-order valence-corrected chi connectivity index (χ4v) is 2.65. The number of pyridine rings is 1. The SMILES string of the molecule is Cc1nn(C(C)C)c2nc(-c3ccccc3)cc(C(F)(F)F)c12. The van der Waals surface area contributed by atoms with Crippen LogP contribution in [0.2, 0.25) is 0 Å². The summed E-state index contributed by atoms with van der Waals surface area (Å²) in [6, 6.07) is 9.89. The molecular weight excluding hydrogens is 303 g/mol. The van der Waals surface area contributed by atoms with Gasteiger partial charge in [0.25, 0.3) is 0 Å². The second-order valence-corrected chi connectivity index (χ2v) is 5.74. The van der Waals surface area contributed by atoms with Gasteiger partial charge in [0.15, 0.2) is 5.65 Å². The predicted octanol–water partition coefficient (Wildman–Crippen LogP) is 5.01. The second kappa shape index (κ2) is 5.37. The molecule has 0 bridgehead atoms. The van der Waals surface area contributed by atoms with Crippen molar-refractivity contribution in [3.05, 3.63) is 47.7 Å². The van der Waals surface area contributed by atoms with E-state index in [1.807, 2.05) is 19.9 Å². The summed E-state index contributed by atoms with van der Waals surface area (Å²) in [7, 11) is 0. The average Bonchev–Trinajstić information content (AvgIpc) is 2.84. The molecule has 0 saturated heterocycles. The molecule has 1 aromatic carbocycles. The first-order valence-electron chi connectivity index (χ1n) is 7.31. The lowest BCUT2D eigenvalue weighted by Gasteiger charge is -2.12. The van der Waals surface area contributed by atoms with Crippen LogP contribution in [-0.4, -0.2) is 14.8 Å². The van der Waals surface area contributed by atoms with Crippen molar-refractivity contribution in [2.75, 3.05) is 0 Å². The molecule has 0 aliphatic carbocycles. The smallest absolute Gasteiger partial charge is 0.244 e. The van der Waals surface area contributed by atoms with E-state index in [1.165, 1.54) is 0 Å². The maximum absolute atomic E-state index is 13.5. The molecule has 0 radical (unpaired) electrons. The highest BCUT2D eigenvalue weighted by atomic mass is 19.4. The third kappa shape index (κ3) is 2.69. The molecular formula is C17H16F3N3. The minimum absolute atomic E-state index is 0.0749. The van der Waals surface area contributed by atoms with Gasteiger partial charge >= 0.3 is 6.18 Å². The summed E-state index contributed by atoms with van der Waals surface area (Å²) in [5.41, 5.74) is 0.867. The number of rotatable bonds is 2. The fraction of sp³-hybridized carbons (Fsp3) is 0.294. The number of hydrogen-bond acceptors (Lipinski definition) is 2. The topological polar surface area (TPSA) is 30.7 Å². The molecule has 3 aromatic rings. The summed E-state index contributed by atoms with van der Waals surface area (Å²) in [5, 5.41) is 4.33. The third-order valence-electron chi connectivity index (χ3n) is 3.70. The Balaban J connectivity index is 2.39. The molecule has 3 nitrogen and oxygen atoms in total. The zero-order chi connectivity index (χ0) is 16.8.